The number of hydrogen-bond donors (Lipinski definition) is 3. The quantitative estimate of drug-likeness (QED) is 0.565. The molecule has 0 radical (unpaired) electrons. The van der Waals surface area contributed by atoms with Crippen molar-refractivity contribution in [3.05, 3.63) is 35.9 Å². The zero-order valence-electron chi connectivity index (χ0n) is 9.44. The summed E-state index contributed by atoms with van der Waals surface area (Å²) in [7, 11) is -4.57. The topological polar surface area (TPSA) is 104 Å². The minimum atomic E-state index is -4.57. The summed E-state index contributed by atoms with van der Waals surface area (Å²) in [4.78, 5) is 31.0. The molecule has 0 aliphatic rings. The first-order chi connectivity index (χ1) is 8.38. The Morgan fingerprint density at radius 3 is 2.33 bits per heavy atom. The maximum Gasteiger partial charge on any atom is 0.352 e. The van der Waals surface area contributed by atoms with Gasteiger partial charge in [0.1, 0.15) is 0 Å². The van der Waals surface area contributed by atoms with Gasteiger partial charge in [0.05, 0.1) is 0 Å². The van der Waals surface area contributed by atoms with Crippen LogP contribution in [0.3, 0.4) is 0 Å². The molecule has 1 aromatic carbocycles. The van der Waals surface area contributed by atoms with E-state index in [1.807, 2.05) is 0 Å². The second kappa shape index (κ2) is 6.20. The predicted octanol–water partition coefficient (Wildman–Crippen LogP) is 1.48. The average Bonchev–Trinajstić information content (AvgIpc) is 2.28. The van der Waals surface area contributed by atoms with E-state index in [2.05, 4.69) is 0 Å². The van der Waals surface area contributed by atoms with E-state index in [9.17, 15) is 19.1 Å². The fourth-order valence-corrected chi connectivity index (χ4v) is 2.96. The molecule has 18 heavy (non-hydrogen) atoms. The van der Waals surface area contributed by atoms with Gasteiger partial charge in [-0.2, -0.15) is 0 Å². The molecule has 2 amide bonds. The normalized spacial score (nSPS) is 13.1. The number of carbonyl (C=O) groups excluding carboxylic acids is 1. The van der Waals surface area contributed by atoms with Crippen LogP contribution in [0.2, 0.25) is 0 Å². The number of nitrogens with two attached hydrogens (primary N) is 1. The zero-order chi connectivity index (χ0) is 13.8. The van der Waals surface area contributed by atoms with Crippen molar-refractivity contribution >= 4 is 25.2 Å². The van der Waals surface area contributed by atoms with Crippen molar-refractivity contribution in [3.63, 3.8) is 0 Å². The number of nitrogens with zero attached hydrogens (tertiary/aromatic N) is 1. The highest BCUT2D eigenvalue weighted by Crippen LogP contribution is 2.53. The summed E-state index contributed by atoms with van der Waals surface area (Å²) >= 11 is 5.52. The van der Waals surface area contributed by atoms with E-state index in [1.165, 1.54) is 12.1 Å². The van der Waals surface area contributed by atoms with E-state index in [4.69, 9.17) is 17.3 Å². The van der Waals surface area contributed by atoms with Gasteiger partial charge in [-0.3, -0.25) is 4.57 Å². The number of hydrogen-bond acceptors (Lipinski definition) is 2. The molecule has 0 bridgehead atoms. The van der Waals surface area contributed by atoms with Gasteiger partial charge in [-0.1, -0.05) is 30.3 Å². The third-order valence-electron chi connectivity index (χ3n) is 2.32. The van der Waals surface area contributed by atoms with Crippen LogP contribution in [-0.4, -0.2) is 33.1 Å². The van der Waals surface area contributed by atoms with Gasteiger partial charge in [0.25, 0.3) is 0 Å². The number of amides is 2. The van der Waals surface area contributed by atoms with Crippen LogP contribution >= 0.6 is 19.2 Å². The second-order valence-electron chi connectivity index (χ2n) is 3.59. The molecule has 8 heteroatoms. The number of benzene rings is 1. The molecule has 1 rings (SSSR count). The zero-order valence-corrected chi connectivity index (χ0v) is 11.1. The van der Waals surface area contributed by atoms with E-state index < -0.39 is 19.4 Å². The van der Waals surface area contributed by atoms with E-state index >= 15 is 0 Å². The molecule has 6 nitrogen and oxygen atoms in total. The summed E-state index contributed by atoms with van der Waals surface area (Å²) in [6, 6.07) is 7.07. The van der Waals surface area contributed by atoms with Crippen LogP contribution in [0.4, 0.5) is 4.79 Å². The lowest BCUT2D eigenvalue weighted by Gasteiger charge is -2.30. The van der Waals surface area contributed by atoms with E-state index in [-0.39, 0.29) is 12.4 Å². The molecule has 1 unspecified atom stereocenters. The highest BCUT2D eigenvalue weighted by molar-refractivity contribution is 7.52. The van der Waals surface area contributed by atoms with E-state index in [1.54, 1.807) is 18.2 Å². The van der Waals surface area contributed by atoms with Crippen molar-refractivity contribution < 1.29 is 19.1 Å². The first-order valence-electron chi connectivity index (χ1n) is 5.10. The largest absolute Gasteiger partial charge is 0.352 e. The Morgan fingerprint density at radius 2 is 1.94 bits per heavy atom. The van der Waals surface area contributed by atoms with Crippen molar-refractivity contribution in [2.24, 2.45) is 5.73 Å². The summed E-state index contributed by atoms with van der Waals surface area (Å²) in [5.74, 6) is -1.37. The smallest absolute Gasteiger partial charge is 0.351 e. The Labute approximate surface area is 110 Å². The number of alkyl halides is 1. The van der Waals surface area contributed by atoms with Gasteiger partial charge in [0, 0.05) is 12.4 Å². The van der Waals surface area contributed by atoms with Crippen LogP contribution in [-0.2, 0) is 4.57 Å². The summed E-state index contributed by atoms with van der Waals surface area (Å²) in [6.45, 7) is -0.0401. The van der Waals surface area contributed by atoms with Gasteiger partial charge in [0.2, 0.25) is 0 Å². The summed E-state index contributed by atoms with van der Waals surface area (Å²) < 4.78 is 11.6. The van der Waals surface area contributed by atoms with Crippen LogP contribution in [0.5, 0.6) is 0 Å². The highest BCUT2D eigenvalue weighted by atomic mass is 35.5. The average molecular weight is 293 g/mol. The summed E-state index contributed by atoms with van der Waals surface area (Å²) in [5.41, 5.74) is 5.46. The number of halogens is 1. The van der Waals surface area contributed by atoms with Crippen LogP contribution in [0, 0.1) is 0 Å². The molecule has 1 atom stereocenters. The van der Waals surface area contributed by atoms with Crippen molar-refractivity contribution in [1.82, 2.24) is 4.90 Å². The van der Waals surface area contributed by atoms with Crippen LogP contribution in [0.25, 0.3) is 0 Å². The highest BCUT2D eigenvalue weighted by Gasteiger charge is 2.37. The van der Waals surface area contributed by atoms with Crippen molar-refractivity contribution in [2.75, 3.05) is 12.4 Å². The fourth-order valence-electron chi connectivity index (χ4n) is 1.62. The lowest BCUT2D eigenvalue weighted by Crippen LogP contribution is -2.40. The van der Waals surface area contributed by atoms with Gasteiger partial charge < -0.3 is 20.4 Å². The molecule has 100 valence electrons. The molecule has 0 aliphatic carbocycles. The maximum atomic E-state index is 11.6. The molecule has 0 saturated heterocycles. The second-order valence-corrected chi connectivity index (χ2v) is 5.64. The van der Waals surface area contributed by atoms with Crippen LogP contribution in [0.15, 0.2) is 30.3 Å². The first-order valence-corrected chi connectivity index (χ1v) is 7.31. The molecule has 0 aromatic heterocycles. The fraction of sp³-hybridized carbons (Fsp3) is 0.300. The monoisotopic (exact) mass is 292 g/mol. The number of rotatable bonds is 5. The van der Waals surface area contributed by atoms with Crippen molar-refractivity contribution in [2.45, 2.75) is 5.78 Å². The van der Waals surface area contributed by atoms with Gasteiger partial charge in [0.15, 0.2) is 5.78 Å². The maximum absolute atomic E-state index is 11.6. The Balaban J connectivity index is 3.21. The minimum Gasteiger partial charge on any atom is -0.351 e. The van der Waals surface area contributed by atoms with Gasteiger partial charge in [-0.15, -0.1) is 11.6 Å². The van der Waals surface area contributed by atoms with Crippen LogP contribution in [0.1, 0.15) is 11.3 Å². The molecule has 0 heterocycles. The Hall–Kier alpha value is -1.07. The van der Waals surface area contributed by atoms with E-state index in [0.717, 1.165) is 4.90 Å². The van der Waals surface area contributed by atoms with Crippen molar-refractivity contribution in [3.8, 4) is 0 Å². The molecule has 0 spiro atoms. The third-order valence-corrected chi connectivity index (χ3v) is 3.70. The van der Waals surface area contributed by atoms with Gasteiger partial charge in [-0.05, 0) is 5.56 Å². The summed E-state index contributed by atoms with van der Waals surface area (Å²) in [6.07, 6.45) is 0. The van der Waals surface area contributed by atoms with Gasteiger partial charge in [-0.25, -0.2) is 4.79 Å². The molecule has 1 aromatic rings. The third kappa shape index (κ3) is 3.71. The first kappa shape index (κ1) is 15.0. The predicted molar refractivity (Wildman–Crippen MR) is 68.2 cm³/mol. The lowest BCUT2D eigenvalue weighted by atomic mass is 10.2. The molecule has 0 aliphatic heterocycles. The molecular formula is C10H14ClN2O4P. The molecule has 4 N–H and O–H groups in total. The number of urea groups is 1. The Bertz CT molecular complexity index is 450. The van der Waals surface area contributed by atoms with Crippen LogP contribution < -0.4 is 5.73 Å². The van der Waals surface area contributed by atoms with E-state index in [0.29, 0.717) is 5.56 Å². The standard InChI is InChI=1S/C10H14ClN2O4P/c11-6-7-13(10(12)14)9(18(15,16)17)8-4-2-1-3-5-8/h1-5,9H,6-7H2,(H2,12,14)(H2,15,16,17). The Kier molecular flexibility index (Phi) is 5.16. The molecule has 0 fully saturated rings. The SMILES string of the molecule is NC(=O)N(CCCl)C(c1ccccc1)P(=O)(O)O. The molecule has 0 saturated carbocycles. The summed E-state index contributed by atoms with van der Waals surface area (Å²) in [5, 5.41) is 0. The number of primary amides is 1. The Morgan fingerprint density at radius 1 is 1.39 bits per heavy atom. The molecular weight excluding hydrogens is 279 g/mol. The van der Waals surface area contributed by atoms with Gasteiger partial charge >= 0.3 is 13.6 Å². The lowest BCUT2D eigenvalue weighted by molar-refractivity contribution is 0.195. The number of carbonyl (C=O) groups is 1. The minimum absolute atomic E-state index is 0.0340. The van der Waals surface area contributed by atoms with Crippen molar-refractivity contribution in [1.29, 1.82) is 0 Å².